The summed E-state index contributed by atoms with van der Waals surface area (Å²) in [5.41, 5.74) is 4.46. The molecule has 0 atom stereocenters. The van der Waals surface area contributed by atoms with E-state index in [-0.39, 0.29) is 11.4 Å². The highest BCUT2D eigenvalue weighted by molar-refractivity contribution is 5.44. The molecular weight excluding hydrogens is 265 g/mol. The van der Waals surface area contributed by atoms with Crippen LogP contribution in [0.5, 0.6) is 0 Å². The Morgan fingerprint density at radius 1 is 1.19 bits per heavy atom. The predicted molar refractivity (Wildman–Crippen MR) is 84.3 cm³/mol. The molecule has 0 aliphatic carbocycles. The van der Waals surface area contributed by atoms with Gasteiger partial charge in [0.2, 0.25) is 0 Å². The van der Waals surface area contributed by atoms with Gasteiger partial charge in [0.15, 0.2) is 0 Å². The van der Waals surface area contributed by atoms with Gasteiger partial charge in [0.1, 0.15) is 11.5 Å². The topological polar surface area (TPSA) is 29.9 Å². The average molecular weight is 289 g/mol. The van der Waals surface area contributed by atoms with E-state index in [0.29, 0.717) is 12.2 Å². The van der Waals surface area contributed by atoms with Crippen LogP contribution in [0.3, 0.4) is 0 Å². The molecule has 0 saturated carbocycles. The van der Waals surface area contributed by atoms with E-state index in [1.807, 2.05) is 26.8 Å². The van der Waals surface area contributed by atoms with Gasteiger partial charge in [-0.25, -0.2) is 9.07 Å². The fourth-order valence-electron chi connectivity index (χ4n) is 2.24. The van der Waals surface area contributed by atoms with Gasteiger partial charge >= 0.3 is 0 Å². The number of hydrogen-bond donors (Lipinski definition) is 1. The number of rotatable bonds is 3. The minimum atomic E-state index is -0.242. The third-order valence-corrected chi connectivity index (χ3v) is 3.74. The molecule has 0 radical (unpaired) electrons. The van der Waals surface area contributed by atoms with Gasteiger partial charge in [0.25, 0.3) is 0 Å². The minimum absolute atomic E-state index is 0.0193. The summed E-state index contributed by atoms with van der Waals surface area (Å²) in [7, 11) is 0. The number of aryl methyl sites for hydroxylation is 1. The molecule has 0 amide bonds. The maximum absolute atomic E-state index is 14.4. The molecule has 0 aliphatic rings. The molecule has 1 heterocycles. The van der Waals surface area contributed by atoms with E-state index in [0.717, 1.165) is 22.5 Å². The Morgan fingerprint density at radius 2 is 1.86 bits per heavy atom. The lowest BCUT2D eigenvalue weighted by atomic mass is 10.1. The maximum Gasteiger partial charge on any atom is 0.149 e. The van der Waals surface area contributed by atoms with Crippen LogP contribution in [-0.4, -0.2) is 15.3 Å². The van der Waals surface area contributed by atoms with E-state index in [1.54, 1.807) is 10.7 Å². The van der Waals surface area contributed by atoms with Crippen molar-refractivity contribution in [3.63, 3.8) is 0 Å². The Kier molecular flexibility index (Phi) is 4.19. The van der Waals surface area contributed by atoms with Crippen molar-refractivity contribution in [2.75, 3.05) is 0 Å². The van der Waals surface area contributed by atoms with Crippen molar-refractivity contribution in [3.05, 3.63) is 46.5 Å². The Labute approximate surface area is 126 Å². The summed E-state index contributed by atoms with van der Waals surface area (Å²) in [6.07, 6.45) is 0. The van der Waals surface area contributed by atoms with Crippen molar-refractivity contribution in [2.45, 2.75) is 53.6 Å². The molecule has 114 valence electrons. The molecule has 1 aromatic carbocycles. The second-order valence-corrected chi connectivity index (χ2v) is 6.56. The third kappa shape index (κ3) is 3.32. The highest BCUT2D eigenvalue weighted by atomic mass is 19.1. The number of benzene rings is 1. The molecule has 1 N–H and O–H groups in total. The van der Waals surface area contributed by atoms with Crippen molar-refractivity contribution < 1.29 is 4.39 Å². The second-order valence-electron chi connectivity index (χ2n) is 6.56. The first-order valence-corrected chi connectivity index (χ1v) is 7.26. The van der Waals surface area contributed by atoms with Crippen LogP contribution in [0.1, 0.15) is 43.3 Å². The molecule has 0 fully saturated rings. The molecule has 0 spiro atoms. The average Bonchev–Trinajstić information content (AvgIpc) is 2.63. The summed E-state index contributed by atoms with van der Waals surface area (Å²) >= 11 is 0. The van der Waals surface area contributed by atoms with Crippen LogP contribution in [0.25, 0.3) is 5.69 Å². The van der Waals surface area contributed by atoms with Gasteiger partial charge in [-0.2, -0.15) is 5.10 Å². The van der Waals surface area contributed by atoms with Gasteiger partial charge < -0.3 is 5.32 Å². The zero-order chi connectivity index (χ0) is 15.8. The molecule has 0 saturated heterocycles. The first-order valence-electron chi connectivity index (χ1n) is 7.26. The van der Waals surface area contributed by atoms with Crippen LogP contribution < -0.4 is 5.32 Å². The summed E-state index contributed by atoms with van der Waals surface area (Å²) in [6.45, 7) is 12.8. The van der Waals surface area contributed by atoms with E-state index in [4.69, 9.17) is 0 Å². The molecule has 0 unspecified atom stereocenters. The molecule has 4 heteroatoms. The van der Waals surface area contributed by atoms with Crippen molar-refractivity contribution in [1.29, 1.82) is 0 Å². The van der Waals surface area contributed by atoms with E-state index in [9.17, 15) is 4.39 Å². The lowest BCUT2D eigenvalue weighted by Crippen LogP contribution is -2.35. The molecular formula is C17H24FN3. The number of nitrogens with zero attached hydrogens (tertiary/aromatic N) is 2. The molecule has 3 nitrogen and oxygen atoms in total. The van der Waals surface area contributed by atoms with Crippen LogP contribution in [-0.2, 0) is 6.54 Å². The smallest absolute Gasteiger partial charge is 0.149 e. The van der Waals surface area contributed by atoms with Crippen molar-refractivity contribution in [1.82, 2.24) is 15.1 Å². The summed E-state index contributed by atoms with van der Waals surface area (Å²) in [6, 6.07) is 5.18. The predicted octanol–water partition coefficient (Wildman–Crippen LogP) is 3.82. The Hall–Kier alpha value is -1.68. The lowest BCUT2D eigenvalue weighted by molar-refractivity contribution is 0.423. The molecule has 0 bridgehead atoms. The maximum atomic E-state index is 14.4. The summed E-state index contributed by atoms with van der Waals surface area (Å²) in [5, 5.41) is 7.90. The van der Waals surface area contributed by atoms with E-state index >= 15 is 0 Å². The lowest BCUT2D eigenvalue weighted by Gasteiger charge is -2.22. The van der Waals surface area contributed by atoms with Crippen LogP contribution in [0.2, 0.25) is 0 Å². The Morgan fingerprint density at radius 3 is 2.38 bits per heavy atom. The van der Waals surface area contributed by atoms with Crippen LogP contribution in [0, 0.1) is 26.6 Å². The van der Waals surface area contributed by atoms with Crippen LogP contribution in [0.4, 0.5) is 4.39 Å². The Balaban J connectivity index is 2.49. The second kappa shape index (κ2) is 5.60. The largest absolute Gasteiger partial charge is 0.308 e. The van der Waals surface area contributed by atoms with Crippen LogP contribution in [0.15, 0.2) is 18.2 Å². The van der Waals surface area contributed by atoms with Gasteiger partial charge in [-0.1, -0.05) is 12.1 Å². The van der Waals surface area contributed by atoms with E-state index in [1.165, 1.54) is 6.07 Å². The quantitative estimate of drug-likeness (QED) is 0.930. The molecule has 1 aromatic heterocycles. The number of aromatic nitrogens is 2. The number of halogens is 1. The first kappa shape index (κ1) is 15.7. The highest BCUT2D eigenvalue weighted by Gasteiger charge is 2.17. The van der Waals surface area contributed by atoms with Crippen molar-refractivity contribution >= 4 is 0 Å². The monoisotopic (exact) mass is 289 g/mol. The number of hydrogen-bond acceptors (Lipinski definition) is 2. The van der Waals surface area contributed by atoms with Gasteiger partial charge in [-0.05, 0) is 58.7 Å². The van der Waals surface area contributed by atoms with Crippen molar-refractivity contribution in [2.24, 2.45) is 0 Å². The zero-order valence-corrected chi connectivity index (χ0v) is 13.7. The standard InChI is InChI=1S/C17H24FN3/c1-11-12(2)20-21(13(11)3)16-14(8-7-9-15(16)18)10-19-17(4,5)6/h7-9,19H,10H2,1-6H3. The molecule has 21 heavy (non-hydrogen) atoms. The number of para-hydroxylation sites is 1. The SMILES string of the molecule is Cc1nn(-c2c(F)cccc2CNC(C)(C)C)c(C)c1C. The zero-order valence-electron chi connectivity index (χ0n) is 13.7. The van der Waals surface area contributed by atoms with Gasteiger partial charge in [0, 0.05) is 17.8 Å². The molecule has 2 aromatic rings. The summed E-state index contributed by atoms with van der Waals surface area (Å²) in [4.78, 5) is 0. The summed E-state index contributed by atoms with van der Waals surface area (Å²) in [5.74, 6) is -0.242. The van der Waals surface area contributed by atoms with E-state index < -0.39 is 0 Å². The minimum Gasteiger partial charge on any atom is -0.308 e. The third-order valence-electron chi connectivity index (χ3n) is 3.74. The fraction of sp³-hybridized carbons (Fsp3) is 0.471. The van der Waals surface area contributed by atoms with E-state index in [2.05, 4.69) is 31.2 Å². The highest BCUT2D eigenvalue weighted by Crippen LogP contribution is 2.23. The summed E-state index contributed by atoms with van der Waals surface area (Å²) < 4.78 is 16.1. The first-order chi connectivity index (χ1) is 9.70. The van der Waals surface area contributed by atoms with Gasteiger partial charge in [-0.15, -0.1) is 0 Å². The molecule has 0 aliphatic heterocycles. The van der Waals surface area contributed by atoms with Crippen molar-refractivity contribution in [3.8, 4) is 5.69 Å². The number of nitrogens with one attached hydrogen (secondary N) is 1. The van der Waals surface area contributed by atoms with Crippen LogP contribution >= 0.6 is 0 Å². The van der Waals surface area contributed by atoms with Gasteiger partial charge in [0.05, 0.1) is 5.69 Å². The fourth-order valence-corrected chi connectivity index (χ4v) is 2.24. The Bertz CT molecular complexity index is 651. The normalized spacial score (nSPS) is 12.0. The molecule has 2 rings (SSSR count). The van der Waals surface area contributed by atoms with Gasteiger partial charge in [-0.3, -0.25) is 0 Å².